The Kier molecular flexibility index (Phi) is 5.54. The molecule has 2 aliphatic heterocycles. The fourth-order valence-corrected chi connectivity index (χ4v) is 9.23. The molecule has 0 spiro atoms. The van der Waals surface area contributed by atoms with Crippen molar-refractivity contribution in [3.05, 3.63) is 46.6 Å². The van der Waals surface area contributed by atoms with E-state index in [9.17, 15) is 14.7 Å². The summed E-state index contributed by atoms with van der Waals surface area (Å²) in [5.74, 6) is 0.0416. The molecule has 6 aliphatic rings. The Morgan fingerprint density at radius 3 is 2.57 bits per heavy atom. The average molecular weight is 509 g/mol. The lowest BCUT2D eigenvalue weighted by molar-refractivity contribution is -0.153. The van der Waals surface area contributed by atoms with Gasteiger partial charge in [-0.2, -0.15) is 0 Å². The fourth-order valence-electron chi connectivity index (χ4n) is 9.23. The lowest BCUT2D eigenvalue weighted by Crippen LogP contribution is -2.49. The molecule has 1 saturated carbocycles. The van der Waals surface area contributed by atoms with Crippen LogP contribution in [0, 0.1) is 35.0 Å². The Morgan fingerprint density at radius 1 is 1.08 bits per heavy atom. The molecule has 1 fully saturated rings. The zero-order chi connectivity index (χ0) is 26.5. The number of ether oxygens (including phenoxy) is 3. The van der Waals surface area contributed by atoms with Crippen LogP contribution >= 0.6 is 0 Å². The van der Waals surface area contributed by atoms with Crippen LogP contribution in [0.5, 0.6) is 0 Å². The van der Waals surface area contributed by atoms with Crippen molar-refractivity contribution >= 4 is 11.9 Å². The maximum absolute atomic E-state index is 12.4. The molecule has 6 nitrogen and oxygen atoms in total. The first-order chi connectivity index (χ1) is 17.4. The highest BCUT2D eigenvalue weighted by Crippen LogP contribution is 2.66. The molecule has 200 valence electrons. The SMILES string of the molecule is CO[C@@H]1C[C@]2(C)C(C[C@]3(O)C=C4C=CC(=O)OC(C)(C)C4CCC23)C2=C1[C@H](C)C1OC(=O)C(C)=CC1C2. The third-order valence-electron chi connectivity index (χ3n) is 10.8. The number of methoxy groups -OCH3 is 1. The molecule has 0 saturated heterocycles. The topological polar surface area (TPSA) is 82.1 Å². The Morgan fingerprint density at radius 2 is 1.84 bits per heavy atom. The minimum Gasteiger partial charge on any atom is -0.458 e. The molecule has 1 N–H and O–H groups in total. The minimum absolute atomic E-state index is 0.0453. The van der Waals surface area contributed by atoms with Crippen molar-refractivity contribution in [2.45, 2.75) is 90.1 Å². The van der Waals surface area contributed by atoms with E-state index in [4.69, 9.17) is 14.2 Å². The van der Waals surface area contributed by atoms with E-state index in [0.717, 1.165) is 31.3 Å². The molecule has 2 heterocycles. The summed E-state index contributed by atoms with van der Waals surface area (Å²) in [5, 5.41) is 12.4. The second-order valence-electron chi connectivity index (χ2n) is 13.2. The fraction of sp³-hybridized carbons (Fsp3) is 0.677. The Bertz CT molecular complexity index is 1170. The minimum atomic E-state index is -0.969. The Labute approximate surface area is 219 Å². The average Bonchev–Trinajstić information content (AvgIpc) is 2.89. The van der Waals surface area contributed by atoms with E-state index in [1.807, 2.05) is 26.8 Å². The Balaban J connectivity index is 1.44. The summed E-state index contributed by atoms with van der Waals surface area (Å²) in [5.41, 5.74) is 2.66. The van der Waals surface area contributed by atoms with E-state index < -0.39 is 11.2 Å². The number of carbonyl (C=O) groups excluding carboxylic acids is 2. The van der Waals surface area contributed by atoms with Crippen LogP contribution < -0.4 is 0 Å². The number of fused-ring (bicyclic) bond motifs is 6. The van der Waals surface area contributed by atoms with E-state index in [2.05, 4.69) is 26.0 Å². The lowest BCUT2D eigenvalue weighted by atomic mass is 9.56. The number of esters is 2. The summed E-state index contributed by atoms with van der Waals surface area (Å²) in [7, 11) is 1.78. The second kappa shape index (κ2) is 8.16. The summed E-state index contributed by atoms with van der Waals surface area (Å²) >= 11 is 0. The van der Waals surface area contributed by atoms with Crippen LogP contribution in [0.3, 0.4) is 0 Å². The first kappa shape index (κ1) is 25.1. The number of aliphatic hydroxyl groups is 1. The van der Waals surface area contributed by atoms with Gasteiger partial charge in [0.2, 0.25) is 0 Å². The van der Waals surface area contributed by atoms with E-state index in [0.29, 0.717) is 12.0 Å². The van der Waals surface area contributed by atoms with E-state index in [-0.39, 0.29) is 59.2 Å². The summed E-state index contributed by atoms with van der Waals surface area (Å²) < 4.78 is 17.9. The molecule has 0 bridgehead atoms. The molecule has 0 aromatic carbocycles. The molecule has 37 heavy (non-hydrogen) atoms. The maximum atomic E-state index is 12.4. The van der Waals surface area contributed by atoms with Gasteiger partial charge in [0.25, 0.3) is 0 Å². The van der Waals surface area contributed by atoms with Crippen LogP contribution in [0.15, 0.2) is 46.6 Å². The van der Waals surface area contributed by atoms with Crippen LogP contribution in [0.1, 0.15) is 66.7 Å². The van der Waals surface area contributed by atoms with E-state index in [1.54, 1.807) is 7.11 Å². The van der Waals surface area contributed by atoms with E-state index >= 15 is 0 Å². The number of allylic oxidation sites excluding steroid dienone is 2. The highest BCUT2D eigenvalue weighted by molar-refractivity contribution is 5.89. The predicted octanol–water partition coefficient (Wildman–Crippen LogP) is 4.83. The smallest absolute Gasteiger partial charge is 0.333 e. The van der Waals surface area contributed by atoms with Crippen LogP contribution in [-0.4, -0.2) is 47.6 Å². The summed E-state index contributed by atoms with van der Waals surface area (Å²) in [6.07, 6.45) is 11.4. The molecule has 0 radical (unpaired) electrons. The van der Waals surface area contributed by atoms with Crippen molar-refractivity contribution in [1.82, 2.24) is 0 Å². The van der Waals surface area contributed by atoms with Crippen molar-refractivity contribution in [2.75, 3.05) is 7.11 Å². The monoisotopic (exact) mass is 508 g/mol. The van der Waals surface area contributed by atoms with Gasteiger partial charge in [-0.25, -0.2) is 9.59 Å². The zero-order valence-corrected chi connectivity index (χ0v) is 22.9. The molecule has 0 aromatic rings. The lowest BCUT2D eigenvalue weighted by Gasteiger charge is -2.52. The third-order valence-corrected chi connectivity index (χ3v) is 10.8. The molecular weight excluding hydrogens is 468 g/mol. The number of cyclic esters (lactones) is 1. The second-order valence-corrected chi connectivity index (χ2v) is 13.2. The van der Waals surface area contributed by atoms with Gasteiger partial charge in [0.15, 0.2) is 0 Å². The van der Waals surface area contributed by atoms with E-state index in [1.165, 1.54) is 17.2 Å². The van der Waals surface area contributed by atoms with Crippen LogP contribution in [0.25, 0.3) is 0 Å². The van der Waals surface area contributed by atoms with Gasteiger partial charge < -0.3 is 19.3 Å². The normalized spacial score (nSPS) is 46.1. The highest BCUT2D eigenvalue weighted by Gasteiger charge is 2.64. The highest BCUT2D eigenvalue weighted by atomic mass is 16.6. The van der Waals surface area contributed by atoms with Crippen molar-refractivity contribution in [2.24, 2.45) is 35.0 Å². The molecule has 9 atom stereocenters. The van der Waals surface area contributed by atoms with Crippen molar-refractivity contribution in [3.63, 3.8) is 0 Å². The van der Waals surface area contributed by atoms with Gasteiger partial charge in [-0.1, -0.05) is 31.6 Å². The number of carbonyl (C=O) groups is 2. The van der Waals surface area contributed by atoms with Gasteiger partial charge in [0.1, 0.15) is 11.7 Å². The molecule has 4 aliphatic carbocycles. The Hall–Kier alpha value is -2.18. The van der Waals surface area contributed by atoms with Crippen molar-refractivity contribution in [1.29, 1.82) is 0 Å². The number of rotatable bonds is 1. The van der Waals surface area contributed by atoms with Crippen LogP contribution in [-0.2, 0) is 23.8 Å². The molecule has 6 rings (SSSR count). The largest absolute Gasteiger partial charge is 0.458 e. The van der Waals surface area contributed by atoms with Crippen molar-refractivity contribution in [3.8, 4) is 0 Å². The van der Waals surface area contributed by atoms with Gasteiger partial charge in [0, 0.05) is 36.5 Å². The molecule has 5 unspecified atom stereocenters. The van der Waals surface area contributed by atoms with Gasteiger partial charge in [-0.3, -0.25) is 0 Å². The van der Waals surface area contributed by atoms with Crippen molar-refractivity contribution < 1.29 is 28.9 Å². The van der Waals surface area contributed by atoms with Crippen LogP contribution in [0.4, 0.5) is 0 Å². The predicted molar refractivity (Wildman–Crippen MR) is 138 cm³/mol. The summed E-state index contributed by atoms with van der Waals surface area (Å²) in [6, 6.07) is 0. The zero-order valence-electron chi connectivity index (χ0n) is 22.9. The first-order valence-electron chi connectivity index (χ1n) is 13.9. The quantitative estimate of drug-likeness (QED) is 0.404. The molecule has 0 aromatic heterocycles. The van der Waals surface area contributed by atoms with Gasteiger partial charge in [0.05, 0.1) is 11.7 Å². The third kappa shape index (κ3) is 3.58. The summed E-state index contributed by atoms with van der Waals surface area (Å²) in [6.45, 7) is 10.3. The van der Waals surface area contributed by atoms with Gasteiger partial charge in [-0.15, -0.1) is 0 Å². The number of hydrogen-bond acceptors (Lipinski definition) is 6. The standard InChI is InChI=1S/C31H40O6/c1-16-11-19-12-20-22-14-31(34)13-18-7-10-25(32)37-29(3,4)21(18)8-9-24(31)30(22,5)15-23(35-6)26(20)17(2)27(19)36-28(16)33/h7,10-11,13,17,19,21-24,27,34H,8-9,12,14-15H2,1-6H3/t17-,19?,21?,22?,23+,24?,27?,30+,31+/m0/s1. The first-order valence-corrected chi connectivity index (χ1v) is 13.9. The molecular formula is C31H40O6. The molecule has 0 amide bonds. The van der Waals surface area contributed by atoms with Gasteiger partial charge >= 0.3 is 11.9 Å². The summed E-state index contributed by atoms with van der Waals surface area (Å²) in [4.78, 5) is 24.6. The van der Waals surface area contributed by atoms with Gasteiger partial charge in [-0.05, 0) is 87.3 Å². The number of hydrogen-bond donors (Lipinski definition) is 1. The molecule has 6 heteroatoms. The van der Waals surface area contributed by atoms with Crippen LogP contribution in [0.2, 0.25) is 0 Å². The maximum Gasteiger partial charge on any atom is 0.333 e.